The summed E-state index contributed by atoms with van der Waals surface area (Å²) in [4.78, 5) is 19.0. The van der Waals surface area contributed by atoms with Crippen LogP contribution in [-0.4, -0.2) is 56.2 Å². The van der Waals surface area contributed by atoms with Gasteiger partial charge in [0, 0.05) is 19.6 Å². The van der Waals surface area contributed by atoms with Crippen LogP contribution in [-0.2, 0) is 17.8 Å². The molecule has 1 aliphatic rings. The van der Waals surface area contributed by atoms with E-state index in [-0.39, 0.29) is 18.6 Å². The van der Waals surface area contributed by atoms with E-state index in [1.807, 2.05) is 55.1 Å². The van der Waals surface area contributed by atoms with E-state index in [1.54, 1.807) is 7.11 Å². The van der Waals surface area contributed by atoms with E-state index in [0.29, 0.717) is 37.1 Å². The van der Waals surface area contributed by atoms with Gasteiger partial charge in [0.15, 0.2) is 17.5 Å². The minimum absolute atomic E-state index is 0.0324. The lowest BCUT2D eigenvalue weighted by atomic mass is 10.00. The van der Waals surface area contributed by atoms with E-state index < -0.39 is 0 Å². The summed E-state index contributed by atoms with van der Waals surface area (Å²) in [6, 6.07) is 15.9. The maximum absolute atomic E-state index is 12.7. The molecule has 2 N–H and O–H groups in total. The maximum Gasteiger partial charge on any atom is 0.244 e. The number of para-hydroxylation sites is 2. The average molecular weight is 425 g/mol. The lowest BCUT2D eigenvalue weighted by Crippen LogP contribution is -2.43. The highest BCUT2D eigenvalue weighted by molar-refractivity contribution is 5.85. The van der Waals surface area contributed by atoms with Gasteiger partial charge in [-0.1, -0.05) is 36.4 Å². The number of hydrogen-bond acceptors (Lipinski definition) is 4. The number of nitrogens with one attached hydrogen (secondary N) is 2. The highest BCUT2D eigenvalue weighted by Gasteiger charge is 2.20. The van der Waals surface area contributed by atoms with Crippen LogP contribution in [0.5, 0.6) is 11.5 Å². The topological polar surface area (TPSA) is 75.2 Å². The number of methoxy groups -OCH3 is 1. The van der Waals surface area contributed by atoms with Crippen LogP contribution in [0.15, 0.2) is 53.5 Å². The van der Waals surface area contributed by atoms with Crippen LogP contribution in [0.4, 0.5) is 0 Å². The quantitative estimate of drug-likeness (QED) is 0.503. The summed E-state index contributed by atoms with van der Waals surface area (Å²) in [7, 11) is 1.62. The molecular formula is C24H32N4O3. The Morgan fingerprint density at radius 1 is 1.10 bits per heavy atom. The molecule has 7 heteroatoms. The van der Waals surface area contributed by atoms with Crippen LogP contribution >= 0.6 is 0 Å². The summed E-state index contributed by atoms with van der Waals surface area (Å²) < 4.78 is 11.3. The largest absolute Gasteiger partial charge is 0.493 e. The Hall–Kier alpha value is -3.22. The molecule has 0 saturated heterocycles. The Morgan fingerprint density at radius 2 is 1.81 bits per heavy atom. The molecule has 7 nitrogen and oxygen atoms in total. The van der Waals surface area contributed by atoms with Gasteiger partial charge in [0.05, 0.1) is 13.7 Å². The molecule has 0 saturated carbocycles. The number of nitrogens with zero attached hydrogens (tertiary/aromatic N) is 2. The van der Waals surface area contributed by atoms with E-state index in [4.69, 9.17) is 9.47 Å². The molecule has 0 radical (unpaired) electrons. The summed E-state index contributed by atoms with van der Waals surface area (Å²) in [5.74, 6) is 2.03. The van der Waals surface area contributed by atoms with Crippen molar-refractivity contribution in [2.24, 2.45) is 4.99 Å². The Morgan fingerprint density at radius 3 is 2.55 bits per heavy atom. The van der Waals surface area contributed by atoms with Gasteiger partial charge in [0.1, 0.15) is 12.6 Å². The predicted octanol–water partition coefficient (Wildman–Crippen LogP) is 2.60. The zero-order valence-corrected chi connectivity index (χ0v) is 18.6. The molecule has 0 bridgehead atoms. The number of carbonyl (C=O) groups excluding carboxylic acids is 1. The molecule has 1 atom stereocenters. The predicted molar refractivity (Wildman–Crippen MR) is 123 cm³/mol. The first-order valence-electron chi connectivity index (χ1n) is 10.8. The fourth-order valence-corrected chi connectivity index (χ4v) is 3.51. The lowest BCUT2D eigenvalue weighted by molar-refractivity contribution is -0.130. The summed E-state index contributed by atoms with van der Waals surface area (Å²) in [5.41, 5.74) is 2.55. The highest BCUT2D eigenvalue weighted by atomic mass is 16.5. The maximum atomic E-state index is 12.7. The van der Waals surface area contributed by atoms with E-state index in [9.17, 15) is 4.79 Å². The number of fused-ring (bicyclic) bond motifs is 1. The zero-order valence-electron chi connectivity index (χ0n) is 18.6. The number of aliphatic imine (C=N–C) groups is 1. The van der Waals surface area contributed by atoms with Crippen LogP contribution in [0.3, 0.4) is 0 Å². The smallest absolute Gasteiger partial charge is 0.244 e. The van der Waals surface area contributed by atoms with Gasteiger partial charge < -0.3 is 25.0 Å². The van der Waals surface area contributed by atoms with E-state index in [0.717, 1.165) is 13.0 Å². The number of amides is 1. The van der Waals surface area contributed by atoms with Gasteiger partial charge in [0.2, 0.25) is 5.91 Å². The Balaban J connectivity index is 1.52. The van der Waals surface area contributed by atoms with Gasteiger partial charge in [0.25, 0.3) is 0 Å². The lowest BCUT2D eigenvalue weighted by Gasteiger charge is -2.28. The first-order chi connectivity index (χ1) is 15.1. The van der Waals surface area contributed by atoms with Gasteiger partial charge in [-0.3, -0.25) is 4.79 Å². The van der Waals surface area contributed by atoms with Crippen molar-refractivity contribution >= 4 is 11.9 Å². The minimum atomic E-state index is -0.116. The molecule has 3 rings (SSSR count). The summed E-state index contributed by atoms with van der Waals surface area (Å²) in [6.07, 6.45) is 0.774. The summed E-state index contributed by atoms with van der Waals surface area (Å²) in [5, 5.41) is 6.44. The monoisotopic (exact) mass is 424 g/mol. The molecule has 2 aromatic carbocycles. The molecule has 1 unspecified atom stereocenters. The second-order valence-corrected chi connectivity index (χ2v) is 7.49. The van der Waals surface area contributed by atoms with Crippen LogP contribution in [0.25, 0.3) is 0 Å². The molecule has 0 fully saturated rings. The van der Waals surface area contributed by atoms with E-state index in [1.165, 1.54) is 11.1 Å². The molecule has 1 heterocycles. The molecular weight excluding hydrogens is 392 g/mol. The third kappa shape index (κ3) is 6.38. The number of carbonyl (C=O) groups is 1. The second kappa shape index (κ2) is 11.2. The molecule has 166 valence electrons. The molecule has 0 aliphatic carbocycles. The number of guanidine groups is 1. The van der Waals surface area contributed by atoms with Crippen molar-refractivity contribution in [1.82, 2.24) is 15.5 Å². The van der Waals surface area contributed by atoms with Crippen molar-refractivity contribution in [3.05, 3.63) is 59.7 Å². The minimum Gasteiger partial charge on any atom is -0.493 e. The van der Waals surface area contributed by atoms with Gasteiger partial charge in [-0.2, -0.15) is 0 Å². The fraction of sp³-hybridized carbons (Fsp3) is 0.417. The van der Waals surface area contributed by atoms with Crippen molar-refractivity contribution < 1.29 is 14.3 Å². The molecule has 1 aliphatic heterocycles. The first kappa shape index (κ1) is 22.5. The van der Waals surface area contributed by atoms with Crippen molar-refractivity contribution in [3.63, 3.8) is 0 Å². The Labute approximate surface area is 184 Å². The summed E-state index contributed by atoms with van der Waals surface area (Å²) in [6.45, 7) is 6.71. The van der Waals surface area contributed by atoms with Crippen LogP contribution < -0.4 is 20.1 Å². The Bertz CT molecular complexity index is 900. The second-order valence-electron chi connectivity index (χ2n) is 7.49. The third-order valence-electron chi connectivity index (χ3n) is 5.15. The van der Waals surface area contributed by atoms with Crippen molar-refractivity contribution in [1.29, 1.82) is 0 Å². The molecule has 0 spiro atoms. The molecule has 31 heavy (non-hydrogen) atoms. The number of ether oxygens (including phenoxy) is 2. The average Bonchev–Trinajstić information content (AvgIpc) is 2.80. The highest BCUT2D eigenvalue weighted by Crippen LogP contribution is 2.26. The first-order valence-corrected chi connectivity index (χ1v) is 10.8. The normalized spacial score (nSPS) is 14.4. The van der Waals surface area contributed by atoms with E-state index >= 15 is 0 Å². The SMILES string of the molecule is CCNC(=NCC(=O)N1CCc2ccccc2C1)NCC(C)Oc1ccccc1OC. The standard InChI is InChI=1S/C24H32N4O3/c1-4-25-24(26-15-18(2)31-22-12-8-7-11-21(22)30-3)27-16-23(29)28-14-13-19-9-5-6-10-20(19)17-28/h5-12,18H,4,13-17H2,1-3H3,(H2,25,26,27). The van der Waals surface area contributed by atoms with E-state index in [2.05, 4.69) is 27.8 Å². The number of rotatable bonds is 8. The van der Waals surface area contributed by atoms with Crippen molar-refractivity contribution in [3.8, 4) is 11.5 Å². The fourth-order valence-electron chi connectivity index (χ4n) is 3.51. The number of benzene rings is 2. The van der Waals surface area contributed by atoms with Gasteiger partial charge in [-0.05, 0) is 43.5 Å². The van der Waals surface area contributed by atoms with Gasteiger partial charge in [-0.15, -0.1) is 0 Å². The number of hydrogen-bond donors (Lipinski definition) is 2. The third-order valence-corrected chi connectivity index (χ3v) is 5.15. The molecule has 2 aromatic rings. The molecule has 0 aromatic heterocycles. The van der Waals surface area contributed by atoms with Crippen molar-refractivity contribution in [2.45, 2.75) is 32.9 Å². The molecule has 1 amide bonds. The van der Waals surface area contributed by atoms with Crippen LogP contribution in [0, 0.1) is 0 Å². The van der Waals surface area contributed by atoms with Crippen LogP contribution in [0.2, 0.25) is 0 Å². The Kier molecular flexibility index (Phi) is 8.15. The van der Waals surface area contributed by atoms with Crippen LogP contribution in [0.1, 0.15) is 25.0 Å². The van der Waals surface area contributed by atoms with Crippen molar-refractivity contribution in [2.75, 3.05) is 33.3 Å². The van der Waals surface area contributed by atoms with Gasteiger partial charge in [-0.25, -0.2) is 4.99 Å². The van der Waals surface area contributed by atoms with Gasteiger partial charge >= 0.3 is 0 Å². The summed E-state index contributed by atoms with van der Waals surface area (Å²) >= 11 is 0. The zero-order chi connectivity index (χ0) is 22.1.